The lowest BCUT2D eigenvalue weighted by Gasteiger charge is -2.09. The highest BCUT2D eigenvalue weighted by molar-refractivity contribution is 6.22. The van der Waals surface area contributed by atoms with Crippen LogP contribution in [0.5, 0.6) is 0 Å². The van der Waals surface area contributed by atoms with Crippen LogP contribution in [0.15, 0.2) is 121 Å². The van der Waals surface area contributed by atoms with Crippen LogP contribution in [0.25, 0.3) is 32.3 Å². The van der Waals surface area contributed by atoms with E-state index in [-0.39, 0.29) is 5.78 Å². The van der Waals surface area contributed by atoms with Crippen molar-refractivity contribution in [2.24, 2.45) is 0 Å². The minimum Gasteiger partial charge on any atom is -0.289 e. The van der Waals surface area contributed by atoms with Crippen molar-refractivity contribution in [1.82, 2.24) is 0 Å². The van der Waals surface area contributed by atoms with Gasteiger partial charge in [-0.3, -0.25) is 4.79 Å². The number of hydrogen-bond donors (Lipinski definition) is 0. The quantitative estimate of drug-likeness (QED) is 0.223. The highest BCUT2D eigenvalue weighted by Gasteiger charge is 2.07. The van der Waals surface area contributed by atoms with Crippen molar-refractivity contribution < 1.29 is 4.79 Å². The summed E-state index contributed by atoms with van der Waals surface area (Å²) in [7, 11) is 0. The van der Waals surface area contributed by atoms with E-state index >= 15 is 0 Å². The van der Waals surface area contributed by atoms with Crippen LogP contribution in [-0.4, -0.2) is 5.78 Å². The number of benzene rings is 6. The van der Waals surface area contributed by atoms with E-state index in [1.54, 1.807) is 0 Å². The molecule has 0 aliphatic heterocycles. The van der Waals surface area contributed by atoms with E-state index < -0.39 is 0 Å². The molecule has 6 aromatic rings. The molecule has 0 unspecified atom stereocenters. The zero-order valence-corrected chi connectivity index (χ0v) is 16.5. The highest BCUT2D eigenvalue weighted by Crippen LogP contribution is 2.33. The fourth-order valence-electron chi connectivity index (χ4n) is 4.02. The number of carbonyl (C=O) groups excluding carboxylic acids is 1. The van der Waals surface area contributed by atoms with Gasteiger partial charge in [-0.25, -0.2) is 0 Å². The Morgan fingerprint density at radius 1 is 0.367 bits per heavy atom. The Morgan fingerprint density at radius 3 is 1.03 bits per heavy atom. The van der Waals surface area contributed by atoms with Gasteiger partial charge in [-0.05, 0) is 32.3 Å². The fraction of sp³-hybridized carbons (Fsp3) is 0. The van der Waals surface area contributed by atoms with Gasteiger partial charge in [0.2, 0.25) is 0 Å². The molecule has 0 fully saturated rings. The van der Waals surface area contributed by atoms with Crippen molar-refractivity contribution in [2.75, 3.05) is 0 Å². The monoisotopic (exact) mass is 384 g/mol. The van der Waals surface area contributed by atoms with Crippen molar-refractivity contribution in [1.29, 1.82) is 0 Å². The first kappa shape index (κ1) is 18.1. The molecule has 0 aliphatic carbocycles. The van der Waals surface area contributed by atoms with Crippen LogP contribution >= 0.6 is 0 Å². The maximum atomic E-state index is 11.8. The summed E-state index contributed by atoms with van der Waals surface area (Å²) in [5.41, 5.74) is 1.47. The van der Waals surface area contributed by atoms with E-state index in [0.717, 1.165) is 11.1 Å². The molecule has 1 nitrogen and oxygen atoms in total. The van der Waals surface area contributed by atoms with E-state index in [9.17, 15) is 4.79 Å². The Bertz CT molecular complexity index is 1260. The first-order chi connectivity index (χ1) is 14.8. The molecule has 0 N–H and O–H groups in total. The van der Waals surface area contributed by atoms with Gasteiger partial charge in [0.15, 0.2) is 5.78 Å². The Kier molecular flexibility index (Phi) is 4.71. The molecule has 0 saturated carbocycles. The summed E-state index contributed by atoms with van der Waals surface area (Å²) in [4.78, 5) is 11.8. The minimum atomic E-state index is 0.0752. The Hall–Kier alpha value is -3.97. The summed E-state index contributed by atoms with van der Waals surface area (Å²) >= 11 is 0. The zero-order chi connectivity index (χ0) is 20.3. The Morgan fingerprint density at radius 2 is 0.700 bits per heavy atom. The summed E-state index contributed by atoms with van der Waals surface area (Å²) in [6.07, 6.45) is 0. The van der Waals surface area contributed by atoms with Gasteiger partial charge in [-0.2, -0.15) is 0 Å². The third-order valence-corrected chi connectivity index (χ3v) is 5.46. The van der Waals surface area contributed by atoms with Crippen LogP contribution in [0.2, 0.25) is 0 Å². The van der Waals surface area contributed by atoms with Crippen molar-refractivity contribution in [3.05, 3.63) is 132 Å². The third-order valence-electron chi connectivity index (χ3n) is 5.46. The molecule has 1 heteroatoms. The number of ketones is 1. The summed E-state index contributed by atoms with van der Waals surface area (Å²) < 4.78 is 0. The van der Waals surface area contributed by atoms with Gasteiger partial charge in [0.25, 0.3) is 0 Å². The SMILES string of the molecule is O=C(c1ccccc1)c1ccccc1.c1cc2ccc3cccc4ccc(c1)c2c34. The van der Waals surface area contributed by atoms with E-state index in [1.807, 2.05) is 60.7 Å². The van der Waals surface area contributed by atoms with Crippen LogP contribution < -0.4 is 0 Å². The van der Waals surface area contributed by atoms with Gasteiger partial charge < -0.3 is 0 Å². The molecule has 30 heavy (non-hydrogen) atoms. The third kappa shape index (κ3) is 3.31. The van der Waals surface area contributed by atoms with Crippen molar-refractivity contribution in [2.45, 2.75) is 0 Å². The van der Waals surface area contributed by atoms with Crippen LogP contribution in [0, 0.1) is 0 Å². The molecule has 0 atom stereocenters. The maximum absolute atomic E-state index is 11.8. The molecule has 6 aromatic carbocycles. The molecular weight excluding hydrogens is 364 g/mol. The first-order valence-corrected chi connectivity index (χ1v) is 10.1. The molecule has 0 amide bonds. The molecular formula is C29H20O. The lowest BCUT2D eigenvalue weighted by molar-refractivity contribution is 0.103. The second kappa shape index (κ2) is 7.81. The fourth-order valence-corrected chi connectivity index (χ4v) is 4.02. The number of hydrogen-bond acceptors (Lipinski definition) is 1. The number of rotatable bonds is 2. The van der Waals surface area contributed by atoms with Gasteiger partial charge in [0.1, 0.15) is 0 Å². The molecule has 0 radical (unpaired) electrons. The smallest absolute Gasteiger partial charge is 0.193 e. The van der Waals surface area contributed by atoms with E-state index in [4.69, 9.17) is 0 Å². The molecule has 142 valence electrons. The minimum absolute atomic E-state index is 0.0752. The van der Waals surface area contributed by atoms with Gasteiger partial charge in [-0.15, -0.1) is 0 Å². The van der Waals surface area contributed by atoms with Crippen molar-refractivity contribution >= 4 is 38.1 Å². The molecule has 0 bridgehead atoms. The Balaban J connectivity index is 0.000000130. The van der Waals surface area contributed by atoms with Crippen LogP contribution in [0.4, 0.5) is 0 Å². The lowest BCUT2D eigenvalue weighted by atomic mass is 9.95. The summed E-state index contributed by atoms with van der Waals surface area (Å²) in [5, 5.41) is 8.14. The standard InChI is InChI=1S/C16H10.C13H10O/c1-3-11-7-9-13-5-2-6-14-10-8-12(4-1)15(11)16(13)14;14-13(11-7-3-1-4-8-11)12-9-5-2-6-10-12/h1-10H;1-10H. The maximum Gasteiger partial charge on any atom is 0.193 e. The number of carbonyl (C=O) groups is 1. The second-order valence-corrected chi connectivity index (χ2v) is 7.35. The second-order valence-electron chi connectivity index (χ2n) is 7.35. The molecule has 0 saturated heterocycles. The molecule has 0 spiro atoms. The molecule has 6 rings (SSSR count). The average Bonchev–Trinajstić information content (AvgIpc) is 2.84. The predicted molar refractivity (Wildman–Crippen MR) is 126 cm³/mol. The zero-order valence-electron chi connectivity index (χ0n) is 16.5. The van der Waals surface area contributed by atoms with Gasteiger partial charge in [0.05, 0.1) is 0 Å². The van der Waals surface area contributed by atoms with Crippen LogP contribution in [-0.2, 0) is 0 Å². The first-order valence-electron chi connectivity index (χ1n) is 10.1. The van der Waals surface area contributed by atoms with Crippen molar-refractivity contribution in [3.8, 4) is 0 Å². The molecule has 0 heterocycles. The van der Waals surface area contributed by atoms with E-state index in [1.165, 1.54) is 32.3 Å². The predicted octanol–water partition coefficient (Wildman–Crippen LogP) is 7.50. The summed E-state index contributed by atoms with van der Waals surface area (Å²) in [6, 6.07) is 40.5. The lowest BCUT2D eigenvalue weighted by Crippen LogP contribution is -1.99. The topological polar surface area (TPSA) is 17.1 Å². The van der Waals surface area contributed by atoms with Crippen LogP contribution in [0.1, 0.15) is 15.9 Å². The van der Waals surface area contributed by atoms with E-state index in [2.05, 4.69) is 60.7 Å². The molecule has 0 aliphatic rings. The van der Waals surface area contributed by atoms with Gasteiger partial charge in [-0.1, -0.05) is 121 Å². The van der Waals surface area contributed by atoms with Crippen LogP contribution in [0.3, 0.4) is 0 Å². The van der Waals surface area contributed by atoms with Crippen molar-refractivity contribution in [3.63, 3.8) is 0 Å². The average molecular weight is 384 g/mol. The summed E-state index contributed by atoms with van der Waals surface area (Å²) in [6.45, 7) is 0. The largest absolute Gasteiger partial charge is 0.289 e. The van der Waals surface area contributed by atoms with Gasteiger partial charge in [0, 0.05) is 11.1 Å². The van der Waals surface area contributed by atoms with Gasteiger partial charge >= 0.3 is 0 Å². The Labute approximate surface area is 175 Å². The summed E-state index contributed by atoms with van der Waals surface area (Å²) in [5.74, 6) is 0.0752. The highest BCUT2D eigenvalue weighted by atomic mass is 16.1. The van der Waals surface area contributed by atoms with E-state index in [0.29, 0.717) is 0 Å². The normalized spacial score (nSPS) is 10.8. The molecule has 0 aromatic heterocycles.